The van der Waals surface area contributed by atoms with Crippen LogP contribution in [0.15, 0.2) is 51.4 Å². The maximum Gasteiger partial charge on any atom is 0.137 e. The highest BCUT2D eigenvalue weighted by Gasteiger charge is 2.16. The summed E-state index contributed by atoms with van der Waals surface area (Å²) in [5.41, 5.74) is 2.17. The zero-order chi connectivity index (χ0) is 13.8. The average molecular weight is 387 g/mol. The first-order valence-electron chi connectivity index (χ1n) is 6.06. The lowest BCUT2D eigenvalue weighted by atomic mass is 9.98. The van der Waals surface area contributed by atoms with Crippen molar-refractivity contribution in [3.63, 3.8) is 0 Å². The van der Waals surface area contributed by atoms with E-state index >= 15 is 0 Å². The summed E-state index contributed by atoms with van der Waals surface area (Å²) in [5.74, 6) is -0.244. The minimum atomic E-state index is -0.244. The van der Waals surface area contributed by atoms with Crippen molar-refractivity contribution >= 4 is 31.9 Å². The van der Waals surface area contributed by atoms with Crippen molar-refractivity contribution in [3.05, 3.63) is 68.4 Å². The highest BCUT2D eigenvalue weighted by atomic mass is 79.9. The predicted octanol–water partition coefficient (Wildman–Crippen LogP) is 5.05. The van der Waals surface area contributed by atoms with E-state index in [9.17, 15) is 4.39 Å². The van der Waals surface area contributed by atoms with Crippen LogP contribution in [0.25, 0.3) is 0 Å². The molecule has 0 spiro atoms. The van der Waals surface area contributed by atoms with Gasteiger partial charge in [0, 0.05) is 4.47 Å². The highest BCUT2D eigenvalue weighted by Crippen LogP contribution is 2.30. The highest BCUT2D eigenvalue weighted by molar-refractivity contribution is 9.10. The smallest absolute Gasteiger partial charge is 0.137 e. The SMILES string of the molecule is CCNC(c1ccc(F)c(Br)c1)c1ccccc1Br. The van der Waals surface area contributed by atoms with Crippen LogP contribution >= 0.6 is 31.9 Å². The Bertz CT molecular complexity index is 572. The molecule has 0 heterocycles. The van der Waals surface area contributed by atoms with Crippen LogP contribution < -0.4 is 5.32 Å². The maximum atomic E-state index is 13.4. The summed E-state index contributed by atoms with van der Waals surface area (Å²) in [5, 5.41) is 3.43. The molecule has 100 valence electrons. The molecule has 1 nitrogen and oxygen atoms in total. The first kappa shape index (κ1) is 14.7. The zero-order valence-corrected chi connectivity index (χ0v) is 13.6. The third kappa shape index (κ3) is 3.44. The Labute approximate surface area is 129 Å². The zero-order valence-electron chi connectivity index (χ0n) is 10.5. The molecule has 0 fully saturated rings. The Kier molecular flexibility index (Phi) is 5.13. The molecule has 2 aromatic carbocycles. The normalized spacial score (nSPS) is 12.4. The summed E-state index contributed by atoms with van der Waals surface area (Å²) in [6, 6.07) is 13.2. The van der Waals surface area contributed by atoms with E-state index < -0.39 is 0 Å². The monoisotopic (exact) mass is 385 g/mol. The van der Waals surface area contributed by atoms with Crippen molar-refractivity contribution in [1.29, 1.82) is 0 Å². The molecule has 1 N–H and O–H groups in total. The molecular formula is C15H14Br2FN. The molecule has 0 aliphatic heterocycles. The van der Waals surface area contributed by atoms with Crippen molar-refractivity contribution in [1.82, 2.24) is 5.32 Å². The van der Waals surface area contributed by atoms with Crippen LogP contribution in [0.4, 0.5) is 4.39 Å². The fraction of sp³-hybridized carbons (Fsp3) is 0.200. The first-order chi connectivity index (χ1) is 9.13. The Hall–Kier alpha value is -0.710. The molecule has 2 aromatic rings. The van der Waals surface area contributed by atoms with Gasteiger partial charge in [0.2, 0.25) is 0 Å². The quantitative estimate of drug-likeness (QED) is 0.775. The Morgan fingerprint density at radius 1 is 1.11 bits per heavy atom. The van der Waals surface area contributed by atoms with Gasteiger partial charge in [0.25, 0.3) is 0 Å². The van der Waals surface area contributed by atoms with Gasteiger partial charge in [-0.1, -0.05) is 47.1 Å². The number of hydrogen-bond acceptors (Lipinski definition) is 1. The molecule has 0 bridgehead atoms. The van der Waals surface area contributed by atoms with E-state index in [2.05, 4.69) is 50.2 Å². The van der Waals surface area contributed by atoms with Crippen LogP contribution in [-0.2, 0) is 0 Å². The minimum Gasteiger partial charge on any atom is -0.306 e. The van der Waals surface area contributed by atoms with Crippen LogP contribution in [-0.4, -0.2) is 6.54 Å². The van der Waals surface area contributed by atoms with E-state index in [1.807, 2.05) is 30.3 Å². The summed E-state index contributed by atoms with van der Waals surface area (Å²) in [6.45, 7) is 2.89. The van der Waals surface area contributed by atoms with Crippen LogP contribution in [0.5, 0.6) is 0 Å². The third-order valence-corrected chi connectivity index (χ3v) is 4.23. The maximum absolute atomic E-state index is 13.4. The molecule has 0 saturated carbocycles. The summed E-state index contributed by atoms with van der Waals surface area (Å²) in [4.78, 5) is 0. The van der Waals surface area contributed by atoms with Crippen LogP contribution in [0.3, 0.4) is 0 Å². The third-order valence-electron chi connectivity index (χ3n) is 2.90. The molecule has 1 unspecified atom stereocenters. The van der Waals surface area contributed by atoms with Gasteiger partial charge in [0.1, 0.15) is 5.82 Å². The summed E-state index contributed by atoms with van der Waals surface area (Å²) < 4.78 is 14.9. The largest absolute Gasteiger partial charge is 0.306 e. The van der Waals surface area contributed by atoms with Gasteiger partial charge < -0.3 is 5.32 Å². The van der Waals surface area contributed by atoms with Gasteiger partial charge in [-0.25, -0.2) is 4.39 Å². The number of benzene rings is 2. The summed E-state index contributed by atoms with van der Waals surface area (Å²) >= 11 is 6.81. The van der Waals surface area contributed by atoms with E-state index in [4.69, 9.17) is 0 Å². The van der Waals surface area contributed by atoms with Crippen molar-refractivity contribution < 1.29 is 4.39 Å². The van der Waals surface area contributed by atoms with Gasteiger partial charge in [0.05, 0.1) is 10.5 Å². The van der Waals surface area contributed by atoms with E-state index in [1.54, 1.807) is 0 Å². The fourth-order valence-corrected chi connectivity index (χ4v) is 2.92. The molecule has 2 rings (SSSR count). The van der Waals surface area contributed by atoms with Crippen LogP contribution in [0.1, 0.15) is 24.1 Å². The molecule has 19 heavy (non-hydrogen) atoms. The van der Waals surface area contributed by atoms with E-state index in [0.29, 0.717) is 4.47 Å². The summed E-state index contributed by atoms with van der Waals surface area (Å²) in [6.07, 6.45) is 0. The second kappa shape index (κ2) is 6.64. The second-order valence-corrected chi connectivity index (χ2v) is 5.89. The van der Waals surface area contributed by atoms with Crippen LogP contribution in [0.2, 0.25) is 0 Å². The Morgan fingerprint density at radius 2 is 1.84 bits per heavy atom. The molecule has 0 aliphatic carbocycles. The number of nitrogens with one attached hydrogen (secondary N) is 1. The Morgan fingerprint density at radius 3 is 2.47 bits per heavy atom. The van der Waals surface area contributed by atoms with E-state index in [-0.39, 0.29) is 11.9 Å². The fourth-order valence-electron chi connectivity index (χ4n) is 2.01. The first-order valence-corrected chi connectivity index (χ1v) is 7.65. The van der Waals surface area contributed by atoms with Gasteiger partial charge in [-0.3, -0.25) is 0 Å². The molecular weight excluding hydrogens is 373 g/mol. The van der Waals surface area contributed by atoms with Crippen molar-refractivity contribution in [2.75, 3.05) is 6.54 Å². The minimum absolute atomic E-state index is 0.0393. The number of rotatable bonds is 4. The van der Waals surface area contributed by atoms with Gasteiger partial charge in [-0.05, 0) is 51.8 Å². The Balaban J connectivity index is 2.45. The van der Waals surface area contributed by atoms with E-state index in [1.165, 1.54) is 6.07 Å². The molecule has 0 aliphatic rings. The topological polar surface area (TPSA) is 12.0 Å². The molecule has 0 aromatic heterocycles. The van der Waals surface area contributed by atoms with Crippen molar-refractivity contribution in [3.8, 4) is 0 Å². The molecule has 0 amide bonds. The predicted molar refractivity (Wildman–Crippen MR) is 83.8 cm³/mol. The van der Waals surface area contributed by atoms with Gasteiger partial charge in [0.15, 0.2) is 0 Å². The van der Waals surface area contributed by atoms with Gasteiger partial charge in [-0.15, -0.1) is 0 Å². The van der Waals surface area contributed by atoms with Crippen molar-refractivity contribution in [2.24, 2.45) is 0 Å². The van der Waals surface area contributed by atoms with Crippen LogP contribution in [0, 0.1) is 5.82 Å². The van der Waals surface area contributed by atoms with Crippen molar-refractivity contribution in [2.45, 2.75) is 13.0 Å². The molecule has 4 heteroatoms. The van der Waals surface area contributed by atoms with Gasteiger partial charge in [-0.2, -0.15) is 0 Å². The number of hydrogen-bond donors (Lipinski definition) is 1. The molecule has 0 radical (unpaired) electrons. The summed E-state index contributed by atoms with van der Waals surface area (Å²) in [7, 11) is 0. The lowest BCUT2D eigenvalue weighted by Crippen LogP contribution is -2.22. The van der Waals surface area contributed by atoms with Gasteiger partial charge >= 0.3 is 0 Å². The average Bonchev–Trinajstić information content (AvgIpc) is 2.40. The molecule has 0 saturated heterocycles. The molecule has 1 atom stereocenters. The lowest BCUT2D eigenvalue weighted by molar-refractivity contribution is 0.607. The standard InChI is InChI=1S/C15H14Br2FN/c1-2-19-15(11-5-3-4-6-12(11)16)10-7-8-14(18)13(17)9-10/h3-9,15,19H,2H2,1H3. The van der Waals surface area contributed by atoms with E-state index in [0.717, 1.165) is 22.1 Å². The lowest BCUT2D eigenvalue weighted by Gasteiger charge is -2.20. The second-order valence-electron chi connectivity index (χ2n) is 4.19. The number of halogens is 3.